The average molecular weight is 313 g/mol. The van der Waals surface area contributed by atoms with Crippen molar-refractivity contribution in [2.75, 3.05) is 21.1 Å². The van der Waals surface area contributed by atoms with Gasteiger partial charge in [0.25, 0.3) is 0 Å². The lowest BCUT2D eigenvalue weighted by Crippen LogP contribution is -2.08. The third kappa shape index (κ3) is 17.8. The fraction of sp³-hybridized carbons (Fsp3) is 0.700. The number of nitrogens with zero attached hydrogens (tertiary/aromatic N) is 1. The van der Waals surface area contributed by atoms with Crippen molar-refractivity contribution in [3.63, 3.8) is 0 Å². The van der Waals surface area contributed by atoms with Crippen LogP contribution in [-0.2, 0) is 9.53 Å². The third-order valence-electron chi connectivity index (χ3n) is 0.926. The first-order chi connectivity index (χ1) is 6.43. The van der Waals surface area contributed by atoms with E-state index in [-0.39, 0.29) is 10.1 Å². The van der Waals surface area contributed by atoms with E-state index in [2.05, 4.69) is 29.2 Å². The quantitative estimate of drug-likeness (QED) is 0.346. The minimum atomic E-state index is -0.340. The SMILES string of the molecule is C=CC(=O)OC(I)CCC.CN(C)C. The minimum absolute atomic E-state index is 0.00639. The smallest absolute Gasteiger partial charge is 0.331 e. The lowest BCUT2D eigenvalue weighted by Gasteiger charge is -2.07. The molecular formula is C10H20INO2. The number of hydrogen-bond acceptors (Lipinski definition) is 3. The van der Waals surface area contributed by atoms with Gasteiger partial charge in [-0.2, -0.15) is 0 Å². The summed E-state index contributed by atoms with van der Waals surface area (Å²) in [5.74, 6) is -0.340. The number of rotatable bonds is 4. The fourth-order valence-electron chi connectivity index (χ4n) is 0.460. The first-order valence-electron chi connectivity index (χ1n) is 4.52. The highest BCUT2D eigenvalue weighted by atomic mass is 127. The summed E-state index contributed by atoms with van der Waals surface area (Å²) in [6, 6.07) is 0. The van der Waals surface area contributed by atoms with Crippen molar-refractivity contribution >= 4 is 28.6 Å². The van der Waals surface area contributed by atoms with Gasteiger partial charge in [0.2, 0.25) is 0 Å². The summed E-state index contributed by atoms with van der Waals surface area (Å²) in [4.78, 5) is 12.6. The summed E-state index contributed by atoms with van der Waals surface area (Å²) in [5, 5.41) is 0. The number of halogens is 1. The first-order valence-corrected chi connectivity index (χ1v) is 5.76. The number of hydrogen-bond donors (Lipinski definition) is 0. The molecule has 1 unspecified atom stereocenters. The maximum absolute atomic E-state index is 10.6. The molecule has 3 nitrogen and oxygen atoms in total. The van der Waals surface area contributed by atoms with Gasteiger partial charge in [0.1, 0.15) is 0 Å². The monoisotopic (exact) mass is 313 g/mol. The molecule has 14 heavy (non-hydrogen) atoms. The third-order valence-corrected chi connectivity index (χ3v) is 1.80. The van der Waals surface area contributed by atoms with E-state index in [1.165, 1.54) is 6.08 Å². The van der Waals surface area contributed by atoms with Crippen molar-refractivity contribution in [1.29, 1.82) is 0 Å². The van der Waals surface area contributed by atoms with E-state index < -0.39 is 0 Å². The summed E-state index contributed by atoms with van der Waals surface area (Å²) >= 11 is 2.09. The zero-order valence-electron chi connectivity index (χ0n) is 9.42. The molecule has 0 aliphatic rings. The molecule has 0 spiro atoms. The van der Waals surface area contributed by atoms with Gasteiger partial charge in [-0.3, -0.25) is 0 Å². The highest BCUT2D eigenvalue weighted by molar-refractivity contribution is 14.1. The van der Waals surface area contributed by atoms with Gasteiger partial charge in [0, 0.05) is 6.08 Å². The molecule has 0 saturated carbocycles. The molecule has 0 aliphatic heterocycles. The van der Waals surface area contributed by atoms with Crippen LogP contribution in [0.1, 0.15) is 19.8 Å². The standard InChI is InChI=1S/C7H11IO2.C3H9N/c1-3-5-6(8)10-7(9)4-2;1-4(2)3/h4,6H,2-3,5H2,1H3;1-3H3. The predicted molar refractivity (Wildman–Crippen MR) is 68.6 cm³/mol. The van der Waals surface area contributed by atoms with Crippen LogP contribution in [0.25, 0.3) is 0 Å². The molecule has 0 aliphatic carbocycles. The Kier molecular flexibility index (Phi) is 12.8. The Morgan fingerprint density at radius 3 is 2.29 bits per heavy atom. The van der Waals surface area contributed by atoms with Gasteiger partial charge in [-0.25, -0.2) is 4.79 Å². The molecule has 0 heterocycles. The highest BCUT2D eigenvalue weighted by Crippen LogP contribution is 2.09. The van der Waals surface area contributed by atoms with Crippen LogP contribution in [0.15, 0.2) is 12.7 Å². The molecule has 0 radical (unpaired) electrons. The van der Waals surface area contributed by atoms with E-state index in [0.29, 0.717) is 0 Å². The van der Waals surface area contributed by atoms with E-state index in [4.69, 9.17) is 4.74 Å². The summed E-state index contributed by atoms with van der Waals surface area (Å²) < 4.78 is 4.86. The molecule has 1 atom stereocenters. The second-order valence-corrected chi connectivity index (χ2v) is 4.57. The maximum Gasteiger partial charge on any atom is 0.331 e. The second kappa shape index (κ2) is 11.0. The largest absolute Gasteiger partial charge is 0.449 e. The zero-order chi connectivity index (χ0) is 11.6. The molecule has 0 bridgehead atoms. The van der Waals surface area contributed by atoms with Gasteiger partial charge in [-0.05, 0) is 50.2 Å². The van der Waals surface area contributed by atoms with Crippen molar-refractivity contribution in [2.24, 2.45) is 0 Å². The summed E-state index contributed by atoms with van der Waals surface area (Å²) in [6.07, 6.45) is 3.11. The lowest BCUT2D eigenvalue weighted by atomic mass is 10.4. The molecule has 0 N–H and O–H groups in total. The Morgan fingerprint density at radius 2 is 2.00 bits per heavy atom. The first kappa shape index (κ1) is 16.3. The van der Waals surface area contributed by atoms with Crippen LogP contribution in [0, 0.1) is 0 Å². The molecule has 84 valence electrons. The molecule has 0 rings (SSSR count). The van der Waals surface area contributed by atoms with Crippen molar-refractivity contribution < 1.29 is 9.53 Å². The van der Waals surface area contributed by atoms with Crippen molar-refractivity contribution in [1.82, 2.24) is 4.90 Å². The summed E-state index contributed by atoms with van der Waals surface area (Å²) in [5.41, 5.74) is 0. The van der Waals surface area contributed by atoms with E-state index in [9.17, 15) is 4.79 Å². The zero-order valence-corrected chi connectivity index (χ0v) is 11.6. The number of carbonyl (C=O) groups is 1. The highest BCUT2D eigenvalue weighted by Gasteiger charge is 2.05. The van der Waals surface area contributed by atoms with Gasteiger partial charge in [0.15, 0.2) is 4.11 Å². The van der Waals surface area contributed by atoms with E-state index in [1.807, 2.05) is 33.0 Å². The van der Waals surface area contributed by atoms with E-state index in [1.54, 1.807) is 0 Å². The summed E-state index contributed by atoms with van der Waals surface area (Å²) in [6.45, 7) is 5.34. The van der Waals surface area contributed by atoms with Gasteiger partial charge >= 0.3 is 5.97 Å². The Hall–Kier alpha value is -0.100. The second-order valence-electron chi connectivity index (χ2n) is 3.18. The Labute approximate surface area is 101 Å². The van der Waals surface area contributed by atoms with Crippen LogP contribution >= 0.6 is 22.6 Å². The molecule has 0 aromatic heterocycles. The maximum atomic E-state index is 10.6. The van der Waals surface area contributed by atoms with Gasteiger partial charge in [-0.1, -0.05) is 19.9 Å². The van der Waals surface area contributed by atoms with E-state index in [0.717, 1.165) is 12.8 Å². The number of alkyl halides is 1. The summed E-state index contributed by atoms with van der Waals surface area (Å²) in [7, 11) is 6.00. The van der Waals surface area contributed by atoms with Crippen LogP contribution < -0.4 is 0 Å². The average Bonchev–Trinajstić information content (AvgIpc) is 2.03. The van der Waals surface area contributed by atoms with Crippen molar-refractivity contribution in [2.45, 2.75) is 23.9 Å². The van der Waals surface area contributed by atoms with Crippen LogP contribution in [0.3, 0.4) is 0 Å². The molecule has 0 aromatic carbocycles. The molecular weight excluding hydrogens is 293 g/mol. The molecule has 0 aromatic rings. The van der Waals surface area contributed by atoms with Crippen LogP contribution in [0.2, 0.25) is 0 Å². The predicted octanol–water partition coefficient (Wildman–Crippen LogP) is 2.45. The van der Waals surface area contributed by atoms with Crippen molar-refractivity contribution in [3.05, 3.63) is 12.7 Å². The number of esters is 1. The normalized spacial score (nSPS) is 11.3. The molecule has 0 amide bonds. The molecule has 0 fully saturated rings. The Morgan fingerprint density at radius 1 is 1.57 bits per heavy atom. The van der Waals surface area contributed by atoms with Crippen molar-refractivity contribution in [3.8, 4) is 0 Å². The molecule has 0 saturated heterocycles. The minimum Gasteiger partial charge on any atom is -0.449 e. The van der Waals surface area contributed by atoms with Crippen LogP contribution in [0.5, 0.6) is 0 Å². The topological polar surface area (TPSA) is 29.5 Å². The fourth-order valence-corrected chi connectivity index (χ4v) is 1.33. The number of ether oxygens (including phenoxy) is 1. The lowest BCUT2D eigenvalue weighted by molar-refractivity contribution is -0.138. The molecule has 4 heteroatoms. The van der Waals surface area contributed by atoms with E-state index >= 15 is 0 Å². The van der Waals surface area contributed by atoms with Gasteiger partial charge in [0.05, 0.1) is 0 Å². The van der Waals surface area contributed by atoms with Crippen LogP contribution in [-0.4, -0.2) is 36.1 Å². The van der Waals surface area contributed by atoms with Crippen LogP contribution in [0.4, 0.5) is 0 Å². The van der Waals surface area contributed by atoms with Gasteiger partial charge in [-0.15, -0.1) is 0 Å². The van der Waals surface area contributed by atoms with Gasteiger partial charge < -0.3 is 9.64 Å². The Balaban J connectivity index is 0. The number of carbonyl (C=O) groups excluding carboxylic acids is 1. The Bertz CT molecular complexity index is 157.